The van der Waals surface area contributed by atoms with E-state index in [1.54, 1.807) is 12.1 Å². The summed E-state index contributed by atoms with van der Waals surface area (Å²) in [6, 6.07) is 15.8. The lowest BCUT2D eigenvalue weighted by Gasteiger charge is -2.05. The molecule has 0 bridgehead atoms. The fourth-order valence-electron chi connectivity index (χ4n) is 1.86. The van der Waals surface area contributed by atoms with Crippen molar-refractivity contribution >= 4 is 16.1 Å². The van der Waals surface area contributed by atoms with Gasteiger partial charge >= 0.3 is 27.2 Å². The van der Waals surface area contributed by atoms with Gasteiger partial charge in [-0.3, -0.25) is 0 Å². The van der Waals surface area contributed by atoms with Crippen molar-refractivity contribution in [1.82, 2.24) is 5.32 Å². The van der Waals surface area contributed by atoms with Crippen molar-refractivity contribution in [1.29, 1.82) is 0 Å². The zero-order valence-corrected chi connectivity index (χ0v) is 19.2. The summed E-state index contributed by atoms with van der Waals surface area (Å²) < 4.78 is 38.3. The van der Waals surface area contributed by atoms with Crippen molar-refractivity contribution in [3.05, 3.63) is 73.0 Å². The number of hydrogen-bond acceptors (Lipinski definition) is 6. The Morgan fingerprint density at radius 2 is 1.68 bits per heavy atom. The molecule has 0 radical (unpaired) electrons. The molecule has 0 amide bonds. The first kappa shape index (κ1) is 24.1. The van der Waals surface area contributed by atoms with E-state index >= 15 is 0 Å². The van der Waals surface area contributed by atoms with Gasteiger partial charge in [0.2, 0.25) is 0 Å². The van der Waals surface area contributed by atoms with Crippen molar-refractivity contribution in [3.63, 3.8) is 0 Å². The Hall–Kier alpha value is -1.91. The largest absolute Gasteiger partial charge is 0.744 e. The number of ether oxygens (including phenoxy) is 1. The molecule has 0 aliphatic heterocycles. The molecular weight excluding hydrogens is 493 g/mol. The average Bonchev–Trinajstić information content (AvgIpc) is 2.66. The molecule has 0 heterocycles. The molecule has 0 atom stereocenters. The number of benzene rings is 2. The third kappa shape index (κ3) is 8.41. The number of carbonyl (C=O) groups excluding carboxylic acids is 1. The molecule has 0 aliphatic carbocycles. The van der Waals surface area contributed by atoms with Gasteiger partial charge in [0, 0.05) is 7.05 Å². The summed E-state index contributed by atoms with van der Waals surface area (Å²) in [7, 11) is -2.45. The number of esters is 1. The molecule has 0 aliphatic rings. The van der Waals surface area contributed by atoms with Crippen LogP contribution in [0.3, 0.4) is 0 Å². The van der Waals surface area contributed by atoms with E-state index in [1.807, 2.05) is 46.0 Å². The zero-order chi connectivity index (χ0) is 21.2. The second-order valence-electron chi connectivity index (χ2n) is 5.57. The van der Waals surface area contributed by atoms with Gasteiger partial charge in [-0.15, -0.1) is 0 Å². The summed E-state index contributed by atoms with van der Waals surface area (Å²) in [4.78, 5) is 11.7. The van der Waals surface area contributed by atoms with Gasteiger partial charge in [0.15, 0.2) is 3.57 Å². The van der Waals surface area contributed by atoms with Crippen LogP contribution in [0.2, 0.25) is 0 Å². The normalized spacial score (nSPS) is 11.6. The minimum atomic E-state index is -4.27. The molecule has 2 rings (SSSR count). The van der Waals surface area contributed by atoms with Crippen LogP contribution in [0.1, 0.15) is 19.4 Å². The lowest BCUT2D eigenvalue weighted by Crippen LogP contribution is -3.61. The fraction of sp³-hybridized carbons (Fsp3) is 0.250. The Morgan fingerprint density at radius 1 is 1.11 bits per heavy atom. The van der Waals surface area contributed by atoms with Crippen molar-refractivity contribution in [2.45, 2.75) is 25.7 Å². The van der Waals surface area contributed by atoms with E-state index in [4.69, 9.17) is 4.74 Å². The van der Waals surface area contributed by atoms with Gasteiger partial charge in [-0.05, 0) is 45.0 Å². The Balaban J connectivity index is 0.000000307. The highest BCUT2D eigenvalue weighted by Crippen LogP contribution is 2.08. The number of nitrogens with one attached hydrogen (secondary N) is 1. The smallest absolute Gasteiger partial charge is 0.387 e. The fourth-order valence-corrected chi connectivity index (χ4v) is 4.78. The molecule has 0 unspecified atom stereocenters. The molecule has 2 aromatic rings. The molecule has 152 valence electrons. The average molecular weight is 517 g/mol. The summed E-state index contributed by atoms with van der Waals surface area (Å²) >= 11 is -0.496. The maximum atomic E-state index is 11.9. The first-order valence-corrected chi connectivity index (χ1v) is 12.0. The van der Waals surface area contributed by atoms with Gasteiger partial charge in [-0.2, -0.15) is 0 Å². The minimum absolute atomic E-state index is 0.178. The summed E-state index contributed by atoms with van der Waals surface area (Å²) in [5.41, 5.74) is 1.83. The summed E-state index contributed by atoms with van der Waals surface area (Å²) in [5, 5.41) is 3.03. The molecule has 0 fully saturated rings. The van der Waals surface area contributed by atoms with Crippen LogP contribution >= 0.6 is 0 Å². The second kappa shape index (κ2) is 11.8. The van der Waals surface area contributed by atoms with Gasteiger partial charge in [-0.1, -0.05) is 35.9 Å². The van der Waals surface area contributed by atoms with Crippen LogP contribution < -0.4 is 26.5 Å². The zero-order valence-electron chi connectivity index (χ0n) is 16.2. The number of aryl methyl sites for hydroxylation is 1. The highest BCUT2D eigenvalue weighted by atomic mass is 127. The highest BCUT2D eigenvalue weighted by Gasteiger charge is 2.30. The minimum Gasteiger partial charge on any atom is -0.744 e. The molecular formula is C20H24INO5S. The molecule has 0 saturated heterocycles. The Kier molecular flexibility index (Phi) is 10.2. The van der Waals surface area contributed by atoms with Crippen LogP contribution in [0.5, 0.6) is 0 Å². The Labute approximate surface area is 177 Å². The van der Waals surface area contributed by atoms with Crippen LogP contribution in [-0.4, -0.2) is 32.6 Å². The summed E-state index contributed by atoms with van der Waals surface area (Å²) in [6.07, 6.45) is 0. The van der Waals surface area contributed by atoms with E-state index in [-0.39, 0.29) is 10.9 Å². The number of halogens is 1. The van der Waals surface area contributed by atoms with Crippen LogP contribution in [0, 0.1) is 10.5 Å². The topological polar surface area (TPSA) is 95.5 Å². The number of carbonyl (C=O) groups is 1. The van der Waals surface area contributed by atoms with Crippen molar-refractivity contribution in [3.8, 4) is 0 Å². The molecule has 0 aromatic heterocycles. The molecule has 0 saturated carbocycles. The standard InChI is InChI=1S/C13H16INO2.C7H8O3S/c1-4-17-13(16)12(10(2)15-3)14-11-8-6-5-7-9-11;1-6-2-4-7(5-3-6)11(8,9)10/h5-9H,4H2,1-3H3;2-5H,1H3,(H,8,9,10). The maximum Gasteiger partial charge on any atom is 0.387 e. The SMILES string of the molecule is CCOC(=O)/C([I+]c1ccccc1)=C(/C)NC.Cc1ccc(S(=O)(=O)[O-])cc1. The number of allylic oxidation sites excluding steroid dienone is 1. The van der Waals surface area contributed by atoms with Gasteiger partial charge in [0.05, 0.1) is 17.2 Å². The Morgan fingerprint density at radius 3 is 2.14 bits per heavy atom. The molecule has 28 heavy (non-hydrogen) atoms. The first-order valence-electron chi connectivity index (χ1n) is 8.47. The molecule has 0 spiro atoms. The van der Waals surface area contributed by atoms with Crippen molar-refractivity contribution in [2.24, 2.45) is 0 Å². The van der Waals surface area contributed by atoms with E-state index in [2.05, 4.69) is 17.4 Å². The van der Waals surface area contributed by atoms with Crippen LogP contribution in [-0.2, 0) is 19.6 Å². The van der Waals surface area contributed by atoms with Crippen LogP contribution in [0.4, 0.5) is 0 Å². The second-order valence-corrected chi connectivity index (χ2v) is 9.81. The van der Waals surface area contributed by atoms with Gasteiger partial charge in [0.1, 0.15) is 10.1 Å². The predicted molar refractivity (Wildman–Crippen MR) is 103 cm³/mol. The third-order valence-electron chi connectivity index (χ3n) is 3.41. The van der Waals surface area contributed by atoms with Gasteiger partial charge in [-0.25, -0.2) is 13.2 Å². The highest BCUT2D eigenvalue weighted by molar-refractivity contribution is 7.85. The molecule has 6 nitrogen and oxygen atoms in total. The molecule has 2 aromatic carbocycles. The molecule has 8 heteroatoms. The van der Waals surface area contributed by atoms with Gasteiger partial charge in [0.25, 0.3) is 3.58 Å². The lowest BCUT2D eigenvalue weighted by molar-refractivity contribution is -0.572. The summed E-state index contributed by atoms with van der Waals surface area (Å²) in [6.45, 7) is 5.97. The van der Waals surface area contributed by atoms with Gasteiger partial charge < -0.3 is 14.6 Å². The van der Waals surface area contributed by atoms with Crippen molar-refractivity contribution in [2.75, 3.05) is 13.7 Å². The van der Waals surface area contributed by atoms with Crippen LogP contribution in [0.25, 0.3) is 0 Å². The van der Waals surface area contributed by atoms with Crippen LogP contribution in [0.15, 0.2) is 68.8 Å². The first-order chi connectivity index (χ1) is 13.2. The van der Waals surface area contributed by atoms with E-state index in [9.17, 15) is 17.8 Å². The van der Waals surface area contributed by atoms with E-state index in [0.717, 1.165) is 14.8 Å². The van der Waals surface area contributed by atoms with E-state index < -0.39 is 31.3 Å². The summed E-state index contributed by atoms with van der Waals surface area (Å²) in [5.74, 6) is -0.198. The van der Waals surface area contributed by atoms with E-state index in [1.165, 1.54) is 15.7 Å². The number of hydrogen-bond donors (Lipinski definition) is 1. The van der Waals surface area contributed by atoms with E-state index in [0.29, 0.717) is 6.61 Å². The van der Waals surface area contributed by atoms with Crippen molar-refractivity contribution < 1.29 is 43.7 Å². The maximum absolute atomic E-state index is 11.9. The molecule has 1 N–H and O–H groups in total. The predicted octanol–water partition coefficient (Wildman–Crippen LogP) is -0.142. The Bertz CT molecular complexity index is 894. The quantitative estimate of drug-likeness (QED) is 0.248. The third-order valence-corrected chi connectivity index (χ3v) is 7.39. The lowest BCUT2D eigenvalue weighted by atomic mass is 10.2. The number of rotatable bonds is 6. The monoisotopic (exact) mass is 517 g/mol.